The molecule has 28 heavy (non-hydrogen) atoms. The summed E-state index contributed by atoms with van der Waals surface area (Å²) in [7, 11) is 0. The summed E-state index contributed by atoms with van der Waals surface area (Å²) in [5, 5.41) is 21.7. The molecule has 2 aliphatic rings. The molecule has 6 heteroatoms. The highest BCUT2D eigenvalue weighted by atomic mass is 16.5. The number of carbonyl (C=O) groups excluding carboxylic acids is 1. The van der Waals surface area contributed by atoms with Gasteiger partial charge in [0.05, 0.1) is 12.7 Å². The molecule has 2 aromatic rings. The lowest BCUT2D eigenvalue weighted by molar-refractivity contribution is -0.0566. The smallest absolute Gasteiger partial charge is 0.251 e. The number of aromatic hydroxyl groups is 1. The van der Waals surface area contributed by atoms with Crippen LogP contribution in [0.15, 0.2) is 48.5 Å². The van der Waals surface area contributed by atoms with E-state index in [1.54, 1.807) is 12.1 Å². The van der Waals surface area contributed by atoms with E-state index in [1.807, 2.05) is 36.4 Å². The molecule has 0 radical (unpaired) electrons. The molecule has 1 amide bonds. The van der Waals surface area contributed by atoms with E-state index in [1.165, 1.54) is 0 Å². The lowest BCUT2D eigenvalue weighted by Crippen LogP contribution is -2.46. The first-order chi connectivity index (χ1) is 13.6. The lowest BCUT2D eigenvalue weighted by atomic mass is 10.0. The highest BCUT2D eigenvalue weighted by Crippen LogP contribution is 2.25. The number of amides is 1. The molecule has 2 heterocycles. The molecule has 6 nitrogen and oxygen atoms in total. The molecule has 0 aliphatic carbocycles. The number of hydrogen-bond donors (Lipinski definition) is 3. The Morgan fingerprint density at radius 3 is 2.75 bits per heavy atom. The Balaban J connectivity index is 1.39. The normalized spacial score (nSPS) is 24.7. The van der Waals surface area contributed by atoms with Gasteiger partial charge in [-0.05, 0) is 48.2 Å². The van der Waals surface area contributed by atoms with Crippen molar-refractivity contribution in [1.82, 2.24) is 10.2 Å². The molecule has 0 bridgehead atoms. The van der Waals surface area contributed by atoms with E-state index < -0.39 is 0 Å². The average molecular weight is 382 g/mol. The van der Waals surface area contributed by atoms with Crippen LogP contribution >= 0.6 is 0 Å². The van der Waals surface area contributed by atoms with E-state index in [-0.39, 0.29) is 30.4 Å². The van der Waals surface area contributed by atoms with Gasteiger partial charge >= 0.3 is 0 Å². The third kappa shape index (κ3) is 4.19. The van der Waals surface area contributed by atoms with E-state index in [9.17, 15) is 9.90 Å². The summed E-state index contributed by atoms with van der Waals surface area (Å²) in [4.78, 5) is 15.1. The maximum Gasteiger partial charge on any atom is 0.251 e. The van der Waals surface area contributed by atoms with E-state index in [4.69, 9.17) is 9.84 Å². The van der Waals surface area contributed by atoms with Gasteiger partial charge in [0, 0.05) is 37.3 Å². The van der Waals surface area contributed by atoms with Gasteiger partial charge in [-0.2, -0.15) is 0 Å². The average Bonchev–Trinajstić information content (AvgIpc) is 3.10. The van der Waals surface area contributed by atoms with Crippen molar-refractivity contribution in [3.8, 4) is 16.9 Å². The Morgan fingerprint density at radius 2 is 1.96 bits per heavy atom. The zero-order valence-electron chi connectivity index (χ0n) is 15.8. The zero-order valence-corrected chi connectivity index (χ0v) is 15.8. The van der Waals surface area contributed by atoms with Crippen molar-refractivity contribution in [1.29, 1.82) is 0 Å². The largest absolute Gasteiger partial charge is 0.508 e. The molecule has 0 aromatic heterocycles. The van der Waals surface area contributed by atoms with Gasteiger partial charge in [-0.1, -0.05) is 24.3 Å². The van der Waals surface area contributed by atoms with Crippen LogP contribution in [0.1, 0.15) is 23.2 Å². The van der Waals surface area contributed by atoms with Crippen LogP contribution in [0.5, 0.6) is 5.75 Å². The fraction of sp³-hybridized carbons (Fsp3) is 0.409. The van der Waals surface area contributed by atoms with Gasteiger partial charge in [0.2, 0.25) is 0 Å². The topological polar surface area (TPSA) is 82.0 Å². The quantitative estimate of drug-likeness (QED) is 0.737. The standard InChI is InChI=1S/C22H26N2O4/c25-9-8-21-13-24-12-18(11-19(24)14-28-21)23-22(27)17-3-1-2-16(10-17)15-4-6-20(26)7-5-15/h1-7,10,18-19,21,25-26H,8-9,11-14H2,(H,23,27)/t18-,19-,21-/m0/s1. The summed E-state index contributed by atoms with van der Waals surface area (Å²) in [5.41, 5.74) is 2.53. The van der Waals surface area contributed by atoms with Crippen molar-refractivity contribution in [3.63, 3.8) is 0 Å². The SMILES string of the molecule is O=C(N[C@H]1C[C@H]2CO[C@@H](CCO)CN2C1)c1cccc(-c2ccc(O)cc2)c1. The second kappa shape index (κ2) is 8.31. The number of morpholine rings is 1. The lowest BCUT2D eigenvalue weighted by Gasteiger charge is -2.34. The van der Waals surface area contributed by atoms with Gasteiger partial charge in [-0.3, -0.25) is 9.69 Å². The molecule has 2 saturated heterocycles. The van der Waals surface area contributed by atoms with Gasteiger partial charge in [0.25, 0.3) is 5.91 Å². The van der Waals surface area contributed by atoms with Crippen LogP contribution in [0, 0.1) is 0 Å². The molecule has 148 valence electrons. The fourth-order valence-electron chi connectivity index (χ4n) is 4.13. The van der Waals surface area contributed by atoms with Gasteiger partial charge in [0.1, 0.15) is 5.75 Å². The maximum atomic E-state index is 12.8. The van der Waals surface area contributed by atoms with Crippen molar-refractivity contribution in [2.45, 2.75) is 31.0 Å². The number of rotatable bonds is 5. The Kier molecular flexibility index (Phi) is 5.62. The first kappa shape index (κ1) is 18.9. The zero-order chi connectivity index (χ0) is 19.5. The number of fused-ring (bicyclic) bond motifs is 1. The van der Waals surface area contributed by atoms with Crippen molar-refractivity contribution < 1.29 is 19.7 Å². The number of benzene rings is 2. The molecular formula is C22H26N2O4. The summed E-state index contributed by atoms with van der Waals surface area (Å²) in [6.45, 7) is 2.43. The van der Waals surface area contributed by atoms with Crippen LogP contribution in [0.4, 0.5) is 0 Å². The molecular weight excluding hydrogens is 356 g/mol. The Morgan fingerprint density at radius 1 is 1.14 bits per heavy atom. The minimum atomic E-state index is -0.0710. The second-order valence-corrected chi connectivity index (χ2v) is 7.61. The van der Waals surface area contributed by atoms with Crippen LogP contribution in [0.3, 0.4) is 0 Å². The van der Waals surface area contributed by atoms with Crippen molar-refractivity contribution in [2.75, 3.05) is 26.3 Å². The molecule has 0 unspecified atom stereocenters. The van der Waals surface area contributed by atoms with E-state index in [0.717, 1.165) is 30.6 Å². The first-order valence-electron chi connectivity index (χ1n) is 9.79. The number of nitrogens with one attached hydrogen (secondary N) is 1. The Hall–Kier alpha value is -2.41. The van der Waals surface area contributed by atoms with E-state index in [2.05, 4.69) is 10.2 Å². The molecule has 4 rings (SSSR count). The molecule has 2 fully saturated rings. The third-order valence-corrected chi connectivity index (χ3v) is 5.60. The highest BCUT2D eigenvalue weighted by molar-refractivity contribution is 5.95. The molecule has 3 atom stereocenters. The van der Waals surface area contributed by atoms with Gasteiger partial charge in [0.15, 0.2) is 0 Å². The molecule has 3 N–H and O–H groups in total. The fourth-order valence-corrected chi connectivity index (χ4v) is 4.13. The van der Waals surface area contributed by atoms with Crippen LogP contribution in [-0.4, -0.2) is 65.5 Å². The summed E-state index contributed by atoms with van der Waals surface area (Å²) in [6.07, 6.45) is 1.62. The molecule has 2 aromatic carbocycles. The van der Waals surface area contributed by atoms with Gasteiger partial charge < -0.3 is 20.3 Å². The van der Waals surface area contributed by atoms with Crippen molar-refractivity contribution in [2.24, 2.45) is 0 Å². The number of aliphatic hydroxyl groups is 1. The number of nitrogens with zero attached hydrogens (tertiary/aromatic N) is 1. The predicted octanol–water partition coefficient (Wildman–Crippen LogP) is 2.01. The summed E-state index contributed by atoms with van der Waals surface area (Å²) in [6, 6.07) is 14.9. The van der Waals surface area contributed by atoms with E-state index >= 15 is 0 Å². The summed E-state index contributed by atoms with van der Waals surface area (Å²) < 4.78 is 5.81. The molecule has 0 saturated carbocycles. The van der Waals surface area contributed by atoms with Crippen LogP contribution in [-0.2, 0) is 4.74 Å². The molecule has 0 spiro atoms. The first-order valence-corrected chi connectivity index (χ1v) is 9.79. The minimum Gasteiger partial charge on any atom is -0.508 e. The Labute approximate surface area is 164 Å². The van der Waals surface area contributed by atoms with Gasteiger partial charge in [-0.25, -0.2) is 0 Å². The van der Waals surface area contributed by atoms with Gasteiger partial charge in [-0.15, -0.1) is 0 Å². The Bertz CT molecular complexity index is 824. The number of phenolic OH excluding ortho intramolecular Hbond substituents is 1. The summed E-state index contributed by atoms with van der Waals surface area (Å²) in [5.74, 6) is 0.152. The number of ether oxygens (including phenoxy) is 1. The van der Waals surface area contributed by atoms with Crippen LogP contribution in [0.25, 0.3) is 11.1 Å². The minimum absolute atomic E-state index is 0.0710. The third-order valence-electron chi connectivity index (χ3n) is 5.60. The van der Waals surface area contributed by atoms with Crippen molar-refractivity contribution in [3.05, 3.63) is 54.1 Å². The number of aliphatic hydroxyl groups excluding tert-OH is 1. The number of phenols is 1. The molecule has 2 aliphatic heterocycles. The monoisotopic (exact) mass is 382 g/mol. The van der Waals surface area contributed by atoms with Crippen LogP contribution in [0.2, 0.25) is 0 Å². The maximum absolute atomic E-state index is 12.8. The second-order valence-electron chi connectivity index (χ2n) is 7.61. The van der Waals surface area contributed by atoms with Crippen molar-refractivity contribution >= 4 is 5.91 Å². The highest BCUT2D eigenvalue weighted by Gasteiger charge is 2.37. The summed E-state index contributed by atoms with van der Waals surface area (Å²) >= 11 is 0. The van der Waals surface area contributed by atoms with E-state index in [0.29, 0.717) is 24.6 Å². The number of carbonyl (C=O) groups is 1. The number of hydrogen-bond acceptors (Lipinski definition) is 5. The van der Waals surface area contributed by atoms with Crippen LogP contribution < -0.4 is 5.32 Å². The predicted molar refractivity (Wildman–Crippen MR) is 106 cm³/mol.